The molecule has 1 saturated heterocycles. The quantitative estimate of drug-likeness (QED) is 0.392. The highest BCUT2D eigenvalue weighted by atomic mass is 19.4. The zero-order valence-electron chi connectivity index (χ0n) is 22.6. The minimum atomic E-state index is -5.24. The highest BCUT2D eigenvalue weighted by molar-refractivity contribution is 6.07. The van der Waals surface area contributed by atoms with Crippen LogP contribution in [-0.2, 0) is 31.0 Å². The van der Waals surface area contributed by atoms with Crippen LogP contribution in [0, 0.1) is 11.2 Å². The van der Waals surface area contributed by atoms with Crippen molar-refractivity contribution in [2.75, 3.05) is 11.9 Å². The molecule has 0 aliphatic carbocycles. The Labute approximate surface area is 233 Å². The number of fused-ring (bicyclic) bond motifs is 2. The van der Waals surface area contributed by atoms with Gasteiger partial charge >= 0.3 is 12.1 Å². The minimum absolute atomic E-state index is 0.0917. The number of hydrogen-bond donors (Lipinski definition) is 4. The number of rotatable bonds is 6. The van der Waals surface area contributed by atoms with E-state index in [1.54, 1.807) is 29.6 Å². The zero-order valence-corrected chi connectivity index (χ0v) is 22.6. The normalized spacial score (nSPS) is 21.7. The molecule has 0 radical (unpaired) electrons. The summed E-state index contributed by atoms with van der Waals surface area (Å²) >= 11 is 0. The van der Waals surface area contributed by atoms with E-state index in [0.717, 1.165) is 6.07 Å². The van der Waals surface area contributed by atoms with Gasteiger partial charge in [0.05, 0.1) is 11.6 Å². The number of nitrogens with two attached hydrogens (primary N) is 1. The minimum Gasteiger partial charge on any atom is -0.342 e. The first kappa shape index (κ1) is 30.0. The Morgan fingerprint density at radius 1 is 1.10 bits per heavy atom. The van der Waals surface area contributed by atoms with Gasteiger partial charge in [-0.3, -0.25) is 19.2 Å². The summed E-state index contributed by atoms with van der Waals surface area (Å²) in [6.07, 6.45) is -6.32. The molecule has 0 aromatic heterocycles. The Kier molecular flexibility index (Phi) is 7.87. The molecule has 220 valence electrons. The van der Waals surface area contributed by atoms with Gasteiger partial charge in [0.2, 0.25) is 17.7 Å². The lowest BCUT2D eigenvalue weighted by atomic mass is 9.80. The number of carbonyl (C=O) groups excluding carboxylic acids is 4. The van der Waals surface area contributed by atoms with Gasteiger partial charge < -0.3 is 26.6 Å². The summed E-state index contributed by atoms with van der Waals surface area (Å²) in [5.41, 5.74) is 5.62. The maximum absolute atomic E-state index is 14.0. The van der Waals surface area contributed by atoms with Crippen molar-refractivity contribution in [1.82, 2.24) is 15.5 Å². The predicted molar refractivity (Wildman–Crippen MR) is 141 cm³/mol. The molecule has 2 aromatic rings. The molecule has 41 heavy (non-hydrogen) atoms. The number of amides is 4. The van der Waals surface area contributed by atoms with Gasteiger partial charge in [0, 0.05) is 25.1 Å². The number of benzene rings is 2. The van der Waals surface area contributed by atoms with Crippen LogP contribution >= 0.6 is 0 Å². The summed E-state index contributed by atoms with van der Waals surface area (Å²) < 4.78 is 53.0. The standard InChI is InChI=1S/C28H31F4N5O4/c1-26(2,3)21(36-25(41)28(30,31)32)22(38)34-19(12-15-7-6-8-16(29)11-15)23(39)37-14-27(13-20(37)33)17-9-4-5-10-18(17)35-24(27)40/h4-11,19-21H,12-14,33H2,1-3H3,(H,34,38)(H,35,40)(H,36,41)/t19-,20-,21+,27-/m0/s1. The SMILES string of the molecule is CC(C)(C)[C@H](NC(=O)C(F)(F)F)C(=O)N[C@@H](Cc1cccc(F)c1)C(=O)N1C[C@]2(C[C@H]1N)C(=O)Nc1ccccc12. The third kappa shape index (κ3) is 6.04. The number of nitrogens with one attached hydrogen (secondary N) is 3. The molecule has 9 nitrogen and oxygen atoms in total. The van der Waals surface area contributed by atoms with Crippen LogP contribution in [0.2, 0.25) is 0 Å². The summed E-state index contributed by atoms with van der Waals surface area (Å²) in [6.45, 7) is 4.24. The van der Waals surface area contributed by atoms with Gasteiger partial charge in [0.25, 0.3) is 0 Å². The van der Waals surface area contributed by atoms with Gasteiger partial charge in [-0.1, -0.05) is 51.1 Å². The van der Waals surface area contributed by atoms with Crippen molar-refractivity contribution in [3.8, 4) is 0 Å². The van der Waals surface area contributed by atoms with Crippen molar-refractivity contribution >= 4 is 29.3 Å². The monoisotopic (exact) mass is 577 g/mol. The lowest BCUT2D eigenvalue weighted by Gasteiger charge is -2.33. The van der Waals surface area contributed by atoms with Crippen LogP contribution in [0.5, 0.6) is 0 Å². The van der Waals surface area contributed by atoms with E-state index in [0.29, 0.717) is 16.8 Å². The van der Waals surface area contributed by atoms with Crippen LogP contribution < -0.4 is 21.7 Å². The predicted octanol–water partition coefficient (Wildman–Crippen LogP) is 2.35. The average Bonchev–Trinajstić information content (AvgIpc) is 3.36. The lowest BCUT2D eigenvalue weighted by molar-refractivity contribution is -0.175. The van der Waals surface area contributed by atoms with E-state index >= 15 is 0 Å². The number of likely N-dealkylation sites (tertiary alicyclic amines) is 1. The molecule has 5 N–H and O–H groups in total. The number of nitrogens with zero attached hydrogens (tertiary/aromatic N) is 1. The van der Waals surface area contributed by atoms with E-state index in [2.05, 4.69) is 10.6 Å². The zero-order chi connectivity index (χ0) is 30.3. The van der Waals surface area contributed by atoms with Gasteiger partial charge in [0.15, 0.2) is 0 Å². The van der Waals surface area contributed by atoms with Crippen molar-refractivity contribution in [3.63, 3.8) is 0 Å². The Morgan fingerprint density at radius 3 is 2.41 bits per heavy atom. The highest BCUT2D eigenvalue weighted by Gasteiger charge is 2.55. The molecule has 0 bridgehead atoms. The summed E-state index contributed by atoms with van der Waals surface area (Å²) in [5, 5.41) is 6.98. The van der Waals surface area contributed by atoms with Crippen LogP contribution in [0.4, 0.5) is 23.2 Å². The van der Waals surface area contributed by atoms with E-state index in [4.69, 9.17) is 5.73 Å². The number of halogens is 4. The maximum Gasteiger partial charge on any atom is 0.471 e. The van der Waals surface area contributed by atoms with Crippen molar-refractivity contribution in [2.45, 2.75) is 63.5 Å². The number of para-hydroxylation sites is 1. The molecular weight excluding hydrogens is 546 g/mol. The number of carbonyl (C=O) groups is 4. The van der Waals surface area contributed by atoms with E-state index in [9.17, 15) is 36.7 Å². The first-order chi connectivity index (χ1) is 19.0. The van der Waals surface area contributed by atoms with Gasteiger partial charge in [0.1, 0.15) is 17.9 Å². The smallest absolute Gasteiger partial charge is 0.342 e. The van der Waals surface area contributed by atoms with E-state index in [-0.39, 0.29) is 25.3 Å². The molecular formula is C28H31F4N5O4. The third-order valence-electron chi connectivity index (χ3n) is 7.41. The van der Waals surface area contributed by atoms with Crippen molar-refractivity contribution in [1.29, 1.82) is 0 Å². The van der Waals surface area contributed by atoms with Crippen molar-refractivity contribution in [3.05, 3.63) is 65.5 Å². The largest absolute Gasteiger partial charge is 0.471 e. The first-order valence-corrected chi connectivity index (χ1v) is 12.9. The van der Waals surface area contributed by atoms with Crippen LogP contribution in [0.3, 0.4) is 0 Å². The molecule has 0 saturated carbocycles. The second-order valence-corrected chi connectivity index (χ2v) is 11.5. The fraction of sp³-hybridized carbons (Fsp3) is 0.429. The average molecular weight is 578 g/mol. The fourth-order valence-corrected chi connectivity index (χ4v) is 5.36. The molecule has 1 spiro atoms. The van der Waals surface area contributed by atoms with Gasteiger partial charge in [-0.25, -0.2) is 4.39 Å². The number of anilines is 1. The molecule has 4 atom stereocenters. The molecule has 2 aliphatic heterocycles. The highest BCUT2D eigenvalue weighted by Crippen LogP contribution is 2.45. The Balaban J connectivity index is 1.64. The second kappa shape index (κ2) is 10.8. The molecule has 2 aliphatic rings. The van der Waals surface area contributed by atoms with Gasteiger partial charge in [-0.2, -0.15) is 13.2 Å². The summed E-state index contributed by atoms with van der Waals surface area (Å²) in [6, 6.07) is 9.20. The molecule has 13 heteroatoms. The van der Waals surface area contributed by atoms with E-state index < -0.39 is 58.8 Å². The molecule has 4 rings (SSSR count). The van der Waals surface area contributed by atoms with Crippen LogP contribution in [0.1, 0.15) is 38.3 Å². The Morgan fingerprint density at radius 2 is 1.78 bits per heavy atom. The molecule has 0 unspecified atom stereocenters. The maximum atomic E-state index is 14.0. The first-order valence-electron chi connectivity index (χ1n) is 12.9. The molecule has 2 aromatic carbocycles. The Bertz CT molecular complexity index is 1380. The summed E-state index contributed by atoms with van der Waals surface area (Å²) in [5.74, 6) is -5.00. The number of hydrogen-bond acceptors (Lipinski definition) is 5. The van der Waals surface area contributed by atoms with Crippen LogP contribution in [0.25, 0.3) is 0 Å². The van der Waals surface area contributed by atoms with Gasteiger partial charge in [-0.15, -0.1) is 0 Å². The summed E-state index contributed by atoms with van der Waals surface area (Å²) in [4.78, 5) is 53.3. The van der Waals surface area contributed by atoms with Crippen molar-refractivity contribution in [2.24, 2.45) is 11.1 Å². The second-order valence-electron chi connectivity index (χ2n) is 11.5. The number of alkyl halides is 3. The molecule has 2 heterocycles. The lowest BCUT2D eigenvalue weighted by Crippen LogP contribution is -2.60. The van der Waals surface area contributed by atoms with E-state index in [1.807, 2.05) is 0 Å². The van der Waals surface area contributed by atoms with Crippen LogP contribution in [0.15, 0.2) is 48.5 Å². The van der Waals surface area contributed by atoms with E-state index in [1.165, 1.54) is 43.9 Å². The summed E-state index contributed by atoms with van der Waals surface area (Å²) in [7, 11) is 0. The van der Waals surface area contributed by atoms with Crippen molar-refractivity contribution < 1.29 is 36.7 Å². The fourth-order valence-electron chi connectivity index (χ4n) is 5.36. The van der Waals surface area contributed by atoms with Crippen LogP contribution in [-0.4, -0.2) is 59.5 Å². The third-order valence-corrected chi connectivity index (χ3v) is 7.41. The molecule has 1 fully saturated rings. The topological polar surface area (TPSA) is 134 Å². The van der Waals surface area contributed by atoms with Gasteiger partial charge in [-0.05, 0) is 34.7 Å². The Hall–Kier alpha value is -4.00. The molecule has 4 amide bonds.